The van der Waals surface area contributed by atoms with Gasteiger partial charge in [-0.05, 0) is 53.6 Å². The van der Waals surface area contributed by atoms with E-state index in [0.29, 0.717) is 12.6 Å². The van der Waals surface area contributed by atoms with E-state index in [1.165, 1.54) is 29.9 Å². The monoisotopic (exact) mass is 407 g/mol. The van der Waals surface area contributed by atoms with Gasteiger partial charge in [0.2, 0.25) is 0 Å². The van der Waals surface area contributed by atoms with Crippen LogP contribution < -0.4 is 10.1 Å². The third kappa shape index (κ3) is 4.66. The molecule has 2 rings (SSSR count). The summed E-state index contributed by atoms with van der Waals surface area (Å²) in [5.74, 6) is 3.49. The van der Waals surface area contributed by atoms with Gasteiger partial charge in [0.1, 0.15) is 5.75 Å². The predicted molar refractivity (Wildman–Crippen MR) is 90.2 cm³/mol. The third-order valence-electron chi connectivity index (χ3n) is 3.12. The number of benzene rings is 1. The average Bonchev–Trinajstić information content (AvgIpc) is 2.41. The molecule has 0 aliphatic carbocycles. The molecule has 106 valence electrons. The maximum absolute atomic E-state index is 5.75. The average molecular weight is 409 g/mol. The molecule has 0 radical (unpaired) electrons. The minimum atomic E-state index is 0.631. The fraction of sp³-hybridized carbons (Fsp3) is 0.571. The van der Waals surface area contributed by atoms with Crippen LogP contribution in [0.15, 0.2) is 21.1 Å². The van der Waals surface area contributed by atoms with Crippen LogP contribution in [0.4, 0.5) is 0 Å². The van der Waals surface area contributed by atoms with Gasteiger partial charge in [-0.2, -0.15) is 11.8 Å². The first kappa shape index (κ1) is 15.7. The molecule has 2 nitrogen and oxygen atoms in total. The lowest BCUT2D eigenvalue weighted by Gasteiger charge is -2.23. The molecular formula is C14H19Br2NOS. The van der Waals surface area contributed by atoms with E-state index in [9.17, 15) is 0 Å². The van der Waals surface area contributed by atoms with Crippen LogP contribution in [0, 0.1) is 0 Å². The molecule has 0 bridgehead atoms. The zero-order valence-corrected chi connectivity index (χ0v) is 15.0. The summed E-state index contributed by atoms with van der Waals surface area (Å²) in [5, 5.41) is 3.65. The zero-order chi connectivity index (χ0) is 13.7. The molecule has 1 aliphatic rings. The molecule has 1 heterocycles. The van der Waals surface area contributed by atoms with E-state index in [1.54, 1.807) is 0 Å². The van der Waals surface area contributed by atoms with Crippen molar-refractivity contribution in [1.29, 1.82) is 0 Å². The molecule has 1 N–H and O–H groups in total. The Kier molecular flexibility index (Phi) is 6.53. The first-order valence-electron chi connectivity index (χ1n) is 6.62. The Bertz CT molecular complexity index is 422. The molecule has 0 spiro atoms. The van der Waals surface area contributed by atoms with Gasteiger partial charge in [0.15, 0.2) is 0 Å². The van der Waals surface area contributed by atoms with Gasteiger partial charge in [-0.25, -0.2) is 0 Å². The molecule has 5 heteroatoms. The van der Waals surface area contributed by atoms with Crippen LogP contribution in [0.5, 0.6) is 5.75 Å². The third-order valence-corrected chi connectivity index (χ3v) is 5.38. The van der Waals surface area contributed by atoms with Gasteiger partial charge in [0.05, 0.1) is 11.1 Å². The second-order valence-corrected chi connectivity index (χ2v) is 7.52. The minimum Gasteiger partial charge on any atom is -0.492 e. The molecule has 0 aromatic heterocycles. The van der Waals surface area contributed by atoms with Crippen molar-refractivity contribution in [3.05, 3.63) is 26.6 Å². The summed E-state index contributed by atoms with van der Waals surface area (Å²) in [4.78, 5) is 0. The Morgan fingerprint density at radius 3 is 2.95 bits per heavy atom. The van der Waals surface area contributed by atoms with E-state index >= 15 is 0 Å². The smallest absolute Gasteiger partial charge is 0.138 e. The quantitative estimate of drug-likeness (QED) is 0.769. The van der Waals surface area contributed by atoms with Gasteiger partial charge in [-0.3, -0.25) is 0 Å². The predicted octanol–water partition coefficient (Wildman–Crippen LogP) is 4.60. The first-order chi connectivity index (χ1) is 9.20. The zero-order valence-electron chi connectivity index (χ0n) is 11.0. The maximum Gasteiger partial charge on any atom is 0.138 e. The summed E-state index contributed by atoms with van der Waals surface area (Å²) < 4.78 is 7.84. The Morgan fingerprint density at radius 1 is 1.42 bits per heavy atom. The Morgan fingerprint density at radius 2 is 2.26 bits per heavy atom. The van der Waals surface area contributed by atoms with E-state index in [4.69, 9.17) is 4.74 Å². The number of halogens is 2. The van der Waals surface area contributed by atoms with E-state index in [2.05, 4.69) is 43.2 Å². The Hall–Kier alpha value is 0.290. The topological polar surface area (TPSA) is 21.3 Å². The molecule has 0 saturated carbocycles. The van der Waals surface area contributed by atoms with E-state index in [1.807, 2.05) is 24.8 Å². The van der Waals surface area contributed by atoms with E-state index < -0.39 is 0 Å². The van der Waals surface area contributed by atoms with Crippen LogP contribution in [0.1, 0.15) is 25.3 Å². The molecule has 1 aliphatic heterocycles. The summed E-state index contributed by atoms with van der Waals surface area (Å²) in [6.07, 6.45) is 2.61. The van der Waals surface area contributed by atoms with Crippen molar-refractivity contribution in [2.45, 2.75) is 32.4 Å². The summed E-state index contributed by atoms with van der Waals surface area (Å²) in [6.45, 7) is 3.56. The fourth-order valence-corrected chi connectivity index (χ4v) is 4.74. The highest BCUT2D eigenvalue weighted by Gasteiger charge is 2.15. The van der Waals surface area contributed by atoms with Gasteiger partial charge < -0.3 is 10.1 Å². The molecule has 1 unspecified atom stereocenters. The van der Waals surface area contributed by atoms with Crippen LogP contribution in [-0.4, -0.2) is 24.2 Å². The molecule has 1 saturated heterocycles. The molecular weight excluding hydrogens is 390 g/mol. The highest BCUT2D eigenvalue weighted by Crippen LogP contribution is 2.33. The van der Waals surface area contributed by atoms with Crippen LogP contribution >= 0.6 is 43.6 Å². The highest BCUT2D eigenvalue weighted by atomic mass is 79.9. The fourth-order valence-electron chi connectivity index (χ4n) is 2.21. The second-order valence-electron chi connectivity index (χ2n) is 4.60. The number of nitrogens with one attached hydrogen (secondary N) is 1. The van der Waals surface area contributed by atoms with Crippen molar-refractivity contribution < 1.29 is 4.74 Å². The number of thioether (sulfide) groups is 1. The first-order valence-corrected chi connectivity index (χ1v) is 9.36. The highest BCUT2D eigenvalue weighted by molar-refractivity contribution is 9.11. The van der Waals surface area contributed by atoms with Crippen molar-refractivity contribution in [3.8, 4) is 5.75 Å². The van der Waals surface area contributed by atoms with Crippen LogP contribution in [0.3, 0.4) is 0 Å². The SMILES string of the molecule is CCOc1c(Br)cc(Br)cc1CNC1CCCSC1. The maximum atomic E-state index is 5.75. The van der Waals surface area contributed by atoms with E-state index in [0.717, 1.165) is 21.2 Å². The molecule has 0 amide bonds. The number of hydrogen-bond donors (Lipinski definition) is 1. The van der Waals surface area contributed by atoms with Crippen molar-refractivity contribution in [2.75, 3.05) is 18.1 Å². The van der Waals surface area contributed by atoms with Gasteiger partial charge in [0, 0.05) is 28.4 Å². The summed E-state index contributed by atoms with van der Waals surface area (Å²) in [6, 6.07) is 4.80. The molecule has 1 fully saturated rings. The Balaban J connectivity index is 2.04. The number of ether oxygens (including phenoxy) is 1. The van der Waals surface area contributed by atoms with Gasteiger partial charge in [-0.1, -0.05) is 15.9 Å². The van der Waals surface area contributed by atoms with Crippen molar-refractivity contribution in [3.63, 3.8) is 0 Å². The van der Waals surface area contributed by atoms with Gasteiger partial charge in [0.25, 0.3) is 0 Å². The summed E-state index contributed by atoms with van der Waals surface area (Å²) in [5.41, 5.74) is 1.21. The number of rotatable bonds is 5. The molecule has 1 atom stereocenters. The lowest BCUT2D eigenvalue weighted by Crippen LogP contribution is -2.33. The normalized spacial score (nSPS) is 19.4. The minimum absolute atomic E-state index is 0.631. The second kappa shape index (κ2) is 7.91. The lowest BCUT2D eigenvalue weighted by atomic mass is 10.1. The molecule has 1 aromatic carbocycles. The van der Waals surface area contributed by atoms with Crippen molar-refractivity contribution >= 4 is 43.6 Å². The van der Waals surface area contributed by atoms with Gasteiger partial charge in [-0.15, -0.1) is 0 Å². The van der Waals surface area contributed by atoms with Crippen molar-refractivity contribution in [2.24, 2.45) is 0 Å². The van der Waals surface area contributed by atoms with Crippen LogP contribution in [-0.2, 0) is 6.54 Å². The summed E-state index contributed by atoms with van der Waals surface area (Å²) >= 11 is 9.17. The largest absolute Gasteiger partial charge is 0.492 e. The van der Waals surface area contributed by atoms with Crippen molar-refractivity contribution in [1.82, 2.24) is 5.32 Å². The molecule has 19 heavy (non-hydrogen) atoms. The number of hydrogen-bond acceptors (Lipinski definition) is 3. The Labute approximate surface area is 136 Å². The lowest BCUT2D eigenvalue weighted by molar-refractivity contribution is 0.332. The molecule has 1 aromatic rings. The van der Waals surface area contributed by atoms with Gasteiger partial charge >= 0.3 is 0 Å². The van der Waals surface area contributed by atoms with E-state index in [-0.39, 0.29) is 0 Å². The van der Waals surface area contributed by atoms with Crippen LogP contribution in [0.25, 0.3) is 0 Å². The summed E-state index contributed by atoms with van der Waals surface area (Å²) in [7, 11) is 0. The van der Waals surface area contributed by atoms with Crippen LogP contribution in [0.2, 0.25) is 0 Å². The standard InChI is InChI=1S/C14H19Br2NOS/c1-2-18-14-10(6-11(15)7-13(14)16)8-17-12-4-3-5-19-9-12/h6-7,12,17H,2-5,8-9H2,1H3.